The third-order valence-corrected chi connectivity index (χ3v) is 4.88. The molecule has 0 aliphatic rings. The van der Waals surface area contributed by atoms with Crippen molar-refractivity contribution in [1.29, 1.82) is 0 Å². The summed E-state index contributed by atoms with van der Waals surface area (Å²) in [7, 11) is 1.61. The van der Waals surface area contributed by atoms with Gasteiger partial charge in [-0.3, -0.25) is 0 Å². The molecular weight excluding hydrogens is 465 g/mol. The number of ether oxygens (including phenoxy) is 1. The number of nitrogens with one attached hydrogen (secondary N) is 3. The van der Waals surface area contributed by atoms with Gasteiger partial charge in [-0.05, 0) is 48.5 Å². The Kier molecular flexibility index (Phi) is 7.23. The third-order valence-electron chi connectivity index (χ3n) is 4.31. The average molecular weight is 484 g/mol. The summed E-state index contributed by atoms with van der Waals surface area (Å²) in [6, 6.07) is 16.2. The topological polar surface area (TPSA) is 109 Å². The van der Waals surface area contributed by atoms with Crippen molar-refractivity contribution in [2.75, 3.05) is 23.2 Å². The second-order valence-electron chi connectivity index (χ2n) is 6.63. The molecule has 2 aromatic carbocycles. The molecule has 0 aliphatic heterocycles. The molecule has 168 valence electrons. The summed E-state index contributed by atoms with van der Waals surface area (Å²) in [6.07, 6.45) is 3.15. The Bertz CT molecular complexity index is 1230. The van der Waals surface area contributed by atoms with Gasteiger partial charge < -0.3 is 19.8 Å². The zero-order valence-electron chi connectivity index (χ0n) is 17.4. The number of nitrogens with zero attached hydrogens (tertiary/aromatic N) is 4. The van der Waals surface area contributed by atoms with Crippen LogP contribution < -0.4 is 20.8 Å². The minimum atomic E-state index is 0.226. The number of halogens is 2. The van der Waals surface area contributed by atoms with Crippen molar-refractivity contribution in [1.82, 2.24) is 15.0 Å². The molecule has 0 spiro atoms. The van der Waals surface area contributed by atoms with Crippen LogP contribution in [-0.4, -0.2) is 28.3 Å². The summed E-state index contributed by atoms with van der Waals surface area (Å²) < 4.78 is 10.5. The number of rotatable bonds is 9. The SMILES string of the molecule is COc1ccc(Nc2nc(NCc3ccco3)nc(N/N=C/c3ccc(Cl)cc3Cl)n2)cc1. The van der Waals surface area contributed by atoms with Crippen LogP contribution in [0.4, 0.5) is 23.5 Å². The van der Waals surface area contributed by atoms with E-state index in [1.54, 1.807) is 37.8 Å². The number of hydrogen-bond donors (Lipinski definition) is 3. The van der Waals surface area contributed by atoms with Crippen molar-refractivity contribution < 1.29 is 9.15 Å². The van der Waals surface area contributed by atoms with Crippen LogP contribution in [0, 0.1) is 0 Å². The van der Waals surface area contributed by atoms with Gasteiger partial charge >= 0.3 is 0 Å². The van der Waals surface area contributed by atoms with Gasteiger partial charge in [0.25, 0.3) is 0 Å². The lowest BCUT2D eigenvalue weighted by molar-refractivity contribution is 0.415. The van der Waals surface area contributed by atoms with Gasteiger partial charge in [0, 0.05) is 16.3 Å². The lowest BCUT2D eigenvalue weighted by Crippen LogP contribution is -2.09. The lowest BCUT2D eigenvalue weighted by Gasteiger charge is -2.10. The van der Waals surface area contributed by atoms with Crippen LogP contribution in [-0.2, 0) is 6.54 Å². The van der Waals surface area contributed by atoms with E-state index in [0.717, 1.165) is 17.2 Å². The van der Waals surface area contributed by atoms with E-state index in [4.69, 9.17) is 32.4 Å². The molecule has 2 aromatic heterocycles. The van der Waals surface area contributed by atoms with Crippen LogP contribution in [0.2, 0.25) is 10.0 Å². The van der Waals surface area contributed by atoms with E-state index in [0.29, 0.717) is 34.1 Å². The molecule has 0 saturated carbocycles. The lowest BCUT2D eigenvalue weighted by atomic mass is 10.2. The summed E-state index contributed by atoms with van der Waals surface area (Å²) in [5.41, 5.74) is 4.27. The summed E-state index contributed by atoms with van der Waals surface area (Å²) in [6.45, 7) is 0.405. The summed E-state index contributed by atoms with van der Waals surface area (Å²) >= 11 is 12.1. The molecular formula is C22H19Cl2N7O2. The molecule has 0 amide bonds. The maximum absolute atomic E-state index is 6.18. The minimum Gasteiger partial charge on any atom is -0.497 e. The highest BCUT2D eigenvalue weighted by Gasteiger charge is 2.08. The fourth-order valence-corrected chi connectivity index (χ4v) is 3.17. The molecule has 3 N–H and O–H groups in total. The second kappa shape index (κ2) is 10.7. The highest BCUT2D eigenvalue weighted by Crippen LogP contribution is 2.21. The highest BCUT2D eigenvalue weighted by molar-refractivity contribution is 6.36. The van der Waals surface area contributed by atoms with E-state index in [9.17, 15) is 0 Å². The molecule has 0 atom stereocenters. The van der Waals surface area contributed by atoms with Gasteiger partial charge in [0.05, 0.1) is 31.2 Å². The molecule has 9 nitrogen and oxygen atoms in total. The van der Waals surface area contributed by atoms with Gasteiger partial charge in [-0.15, -0.1) is 0 Å². The van der Waals surface area contributed by atoms with Crippen LogP contribution in [0.25, 0.3) is 0 Å². The maximum atomic E-state index is 6.18. The third kappa shape index (κ3) is 6.34. The van der Waals surface area contributed by atoms with E-state index in [2.05, 4.69) is 36.1 Å². The maximum Gasteiger partial charge on any atom is 0.250 e. The van der Waals surface area contributed by atoms with Gasteiger partial charge in [-0.1, -0.05) is 29.3 Å². The first-order valence-electron chi connectivity index (χ1n) is 9.76. The zero-order chi connectivity index (χ0) is 23.0. The Morgan fingerprint density at radius 2 is 1.79 bits per heavy atom. The number of benzene rings is 2. The van der Waals surface area contributed by atoms with E-state index in [1.807, 2.05) is 36.4 Å². The first kappa shape index (κ1) is 22.4. The monoisotopic (exact) mass is 483 g/mol. The fraction of sp³-hybridized carbons (Fsp3) is 0.0909. The molecule has 4 aromatic rings. The number of furan rings is 1. The predicted molar refractivity (Wildman–Crippen MR) is 130 cm³/mol. The zero-order valence-corrected chi connectivity index (χ0v) is 18.9. The molecule has 4 rings (SSSR count). The largest absolute Gasteiger partial charge is 0.497 e. The van der Waals surface area contributed by atoms with E-state index < -0.39 is 0 Å². The van der Waals surface area contributed by atoms with Crippen molar-refractivity contribution in [3.05, 3.63) is 82.2 Å². The van der Waals surface area contributed by atoms with Crippen molar-refractivity contribution in [2.45, 2.75) is 6.54 Å². The van der Waals surface area contributed by atoms with Crippen LogP contribution >= 0.6 is 23.2 Å². The molecule has 0 bridgehead atoms. The quantitative estimate of drug-likeness (QED) is 0.209. The van der Waals surface area contributed by atoms with Crippen molar-refractivity contribution in [2.24, 2.45) is 5.10 Å². The Balaban J connectivity index is 1.53. The van der Waals surface area contributed by atoms with Crippen LogP contribution in [0.15, 0.2) is 70.4 Å². The van der Waals surface area contributed by atoms with Crippen molar-refractivity contribution in [3.63, 3.8) is 0 Å². The molecule has 33 heavy (non-hydrogen) atoms. The number of methoxy groups -OCH3 is 1. The highest BCUT2D eigenvalue weighted by atomic mass is 35.5. The van der Waals surface area contributed by atoms with E-state index >= 15 is 0 Å². The number of aromatic nitrogens is 3. The molecule has 0 radical (unpaired) electrons. The average Bonchev–Trinajstić information content (AvgIpc) is 3.33. The molecule has 11 heteroatoms. The first-order chi connectivity index (χ1) is 16.1. The molecule has 2 heterocycles. The Hall–Kier alpha value is -3.82. The minimum absolute atomic E-state index is 0.226. The summed E-state index contributed by atoms with van der Waals surface area (Å²) in [4.78, 5) is 13.1. The molecule has 0 saturated heterocycles. The van der Waals surface area contributed by atoms with Crippen LogP contribution in [0.5, 0.6) is 5.75 Å². The molecule has 0 fully saturated rings. The van der Waals surface area contributed by atoms with Gasteiger partial charge in [0.2, 0.25) is 17.8 Å². The normalized spacial score (nSPS) is 10.9. The van der Waals surface area contributed by atoms with Gasteiger partial charge in [0.15, 0.2) is 0 Å². The smallest absolute Gasteiger partial charge is 0.250 e. The number of hydrazone groups is 1. The van der Waals surface area contributed by atoms with Crippen molar-refractivity contribution in [3.8, 4) is 5.75 Å². The van der Waals surface area contributed by atoms with Crippen molar-refractivity contribution >= 4 is 52.9 Å². The predicted octanol–water partition coefficient (Wildman–Crippen LogP) is 5.58. The summed E-state index contributed by atoms with van der Waals surface area (Å²) in [5, 5.41) is 11.5. The van der Waals surface area contributed by atoms with Gasteiger partial charge in [-0.2, -0.15) is 20.1 Å². The number of hydrogen-bond acceptors (Lipinski definition) is 9. The fourth-order valence-electron chi connectivity index (χ4n) is 2.71. The Morgan fingerprint density at radius 1 is 1.00 bits per heavy atom. The van der Waals surface area contributed by atoms with E-state index in [-0.39, 0.29) is 5.95 Å². The van der Waals surface area contributed by atoms with Crippen LogP contribution in [0.3, 0.4) is 0 Å². The summed E-state index contributed by atoms with van der Waals surface area (Å²) in [5.74, 6) is 2.36. The van der Waals surface area contributed by atoms with E-state index in [1.165, 1.54) is 0 Å². The molecule has 0 unspecified atom stereocenters. The van der Waals surface area contributed by atoms with Crippen LogP contribution in [0.1, 0.15) is 11.3 Å². The standard InChI is InChI=1S/C22H19Cl2N7O2/c1-32-17-8-6-16(7-9-17)27-21-28-20(25-13-18-3-2-10-33-18)29-22(30-21)31-26-12-14-4-5-15(23)11-19(14)24/h2-12H,13H2,1H3,(H3,25,27,28,29,30,31)/b26-12+. The Labute approximate surface area is 199 Å². The van der Waals surface area contributed by atoms with Gasteiger partial charge in [0.1, 0.15) is 11.5 Å². The first-order valence-corrected chi connectivity index (χ1v) is 10.5. The number of anilines is 4. The second-order valence-corrected chi connectivity index (χ2v) is 7.47. The Morgan fingerprint density at radius 3 is 2.52 bits per heavy atom. The molecule has 0 aliphatic carbocycles. The van der Waals surface area contributed by atoms with Gasteiger partial charge in [-0.25, -0.2) is 5.43 Å².